The van der Waals surface area contributed by atoms with Gasteiger partial charge in [0.2, 0.25) is 24.0 Å². The topological polar surface area (TPSA) is 143 Å². The van der Waals surface area contributed by atoms with E-state index in [-0.39, 0.29) is 35.9 Å². The van der Waals surface area contributed by atoms with Crippen LogP contribution in [-0.4, -0.2) is 65.5 Å². The van der Waals surface area contributed by atoms with E-state index in [1.807, 2.05) is 60.7 Å². The first-order valence-corrected chi connectivity index (χ1v) is 15.5. The van der Waals surface area contributed by atoms with Gasteiger partial charge in [0, 0.05) is 12.1 Å². The average Bonchev–Trinajstić information content (AvgIpc) is 3.68. The van der Waals surface area contributed by atoms with Crippen molar-refractivity contribution >= 4 is 46.9 Å². The van der Waals surface area contributed by atoms with E-state index in [0.29, 0.717) is 25.1 Å². The third kappa shape index (κ3) is 8.29. The first-order valence-electron chi connectivity index (χ1n) is 15.1. The number of hydrogen-bond donors (Lipinski definition) is 3. The maximum atomic E-state index is 13.4. The molecule has 3 aromatic rings. The highest BCUT2D eigenvalue weighted by Gasteiger charge is 2.41. The second-order valence-corrected chi connectivity index (χ2v) is 11.7. The summed E-state index contributed by atoms with van der Waals surface area (Å²) >= 11 is 6.36. The highest BCUT2D eigenvalue weighted by Crippen LogP contribution is 2.25. The number of benzene rings is 3. The lowest BCUT2D eigenvalue weighted by atomic mass is 10.1. The van der Waals surface area contributed by atoms with Crippen LogP contribution < -0.4 is 16.0 Å². The van der Waals surface area contributed by atoms with Gasteiger partial charge in [-0.2, -0.15) is 0 Å². The van der Waals surface area contributed by atoms with E-state index in [9.17, 15) is 24.0 Å². The molecule has 4 atom stereocenters. The normalized spacial score (nSPS) is 19.7. The molecule has 5 rings (SSSR count). The smallest absolute Gasteiger partial charge is 0.310 e. The SMILES string of the molecule is CC(NC(=O)c1ccc(NC(=O)Cc2ccccc2)c(Cl)c1)C(=O)N1CCCC1C(=O)NC1CC(=O)OC1OCc1ccccc1. The second-order valence-electron chi connectivity index (χ2n) is 11.3. The molecule has 2 aliphatic heterocycles. The lowest BCUT2D eigenvalue weighted by Crippen LogP contribution is -2.54. The number of amides is 4. The van der Waals surface area contributed by atoms with Crippen LogP contribution in [0.15, 0.2) is 78.9 Å². The summed E-state index contributed by atoms with van der Waals surface area (Å²) in [6, 6.07) is 20.7. The number of anilines is 1. The molecule has 0 aromatic heterocycles. The van der Waals surface area contributed by atoms with Crippen molar-refractivity contribution < 1.29 is 33.4 Å². The quantitative estimate of drug-likeness (QED) is 0.270. The van der Waals surface area contributed by atoms with Gasteiger partial charge >= 0.3 is 5.97 Å². The van der Waals surface area contributed by atoms with Crippen molar-refractivity contribution in [3.63, 3.8) is 0 Å². The molecule has 0 aliphatic carbocycles. The Bertz CT molecular complexity index is 1590. The van der Waals surface area contributed by atoms with Crippen molar-refractivity contribution in [3.8, 4) is 0 Å². The number of nitrogens with zero attached hydrogens (tertiary/aromatic N) is 1. The van der Waals surface area contributed by atoms with Gasteiger partial charge in [0.25, 0.3) is 5.91 Å². The maximum Gasteiger partial charge on any atom is 0.310 e. The molecule has 4 amide bonds. The molecule has 12 heteroatoms. The minimum Gasteiger partial charge on any atom is -0.433 e. The summed E-state index contributed by atoms with van der Waals surface area (Å²) in [6.45, 7) is 2.09. The fourth-order valence-electron chi connectivity index (χ4n) is 5.46. The Morgan fingerprint density at radius 2 is 1.70 bits per heavy atom. The number of esters is 1. The van der Waals surface area contributed by atoms with Crippen LogP contribution in [0.25, 0.3) is 0 Å². The number of carbonyl (C=O) groups excluding carboxylic acids is 5. The van der Waals surface area contributed by atoms with Crippen molar-refractivity contribution in [1.82, 2.24) is 15.5 Å². The summed E-state index contributed by atoms with van der Waals surface area (Å²) in [7, 11) is 0. The van der Waals surface area contributed by atoms with E-state index in [0.717, 1.165) is 11.1 Å². The predicted molar refractivity (Wildman–Crippen MR) is 170 cm³/mol. The summed E-state index contributed by atoms with van der Waals surface area (Å²) in [5.41, 5.74) is 2.30. The number of carbonyl (C=O) groups is 5. The Balaban J connectivity index is 1.14. The molecule has 240 valence electrons. The Hall–Kier alpha value is -4.74. The fourth-order valence-corrected chi connectivity index (χ4v) is 5.69. The van der Waals surface area contributed by atoms with Crippen LogP contribution in [0.1, 0.15) is 47.7 Å². The van der Waals surface area contributed by atoms with Crippen LogP contribution >= 0.6 is 11.6 Å². The molecule has 0 saturated carbocycles. The Labute approximate surface area is 271 Å². The van der Waals surface area contributed by atoms with Crippen LogP contribution in [-0.2, 0) is 41.7 Å². The van der Waals surface area contributed by atoms with Gasteiger partial charge in [0.15, 0.2) is 0 Å². The molecule has 4 unspecified atom stereocenters. The van der Waals surface area contributed by atoms with Gasteiger partial charge in [-0.3, -0.25) is 24.0 Å². The van der Waals surface area contributed by atoms with Crippen molar-refractivity contribution in [3.05, 3.63) is 101 Å². The van der Waals surface area contributed by atoms with Crippen LogP contribution in [0, 0.1) is 0 Å². The standard InChI is InChI=1S/C34H35ClN4O7/c1-21(36-31(42)24-14-15-26(25(35)18-24)37-29(40)17-22-9-4-2-5-10-22)33(44)39-16-8-13-28(39)32(43)38-27-19-30(41)46-34(27)45-20-23-11-6-3-7-12-23/h2-7,9-12,14-15,18,21,27-28,34H,8,13,16-17,19-20H2,1H3,(H,36,42)(H,37,40)(H,38,43). The Morgan fingerprint density at radius 1 is 1.00 bits per heavy atom. The summed E-state index contributed by atoms with van der Waals surface area (Å²) in [6.07, 6.45) is 0.212. The predicted octanol–water partition coefficient (Wildman–Crippen LogP) is 3.61. The van der Waals surface area contributed by atoms with E-state index < -0.39 is 48.1 Å². The van der Waals surface area contributed by atoms with Gasteiger partial charge in [0.1, 0.15) is 18.1 Å². The minimum absolute atomic E-state index is 0.0453. The Kier molecular flexibility index (Phi) is 10.7. The monoisotopic (exact) mass is 646 g/mol. The third-order valence-corrected chi connectivity index (χ3v) is 8.13. The zero-order valence-corrected chi connectivity index (χ0v) is 26.0. The molecule has 3 N–H and O–H groups in total. The molecule has 0 bridgehead atoms. The van der Waals surface area contributed by atoms with Crippen LogP contribution in [0.4, 0.5) is 5.69 Å². The van der Waals surface area contributed by atoms with Crippen molar-refractivity contribution in [2.45, 2.75) is 63.6 Å². The molecular weight excluding hydrogens is 612 g/mol. The first kappa shape index (κ1) is 32.6. The largest absolute Gasteiger partial charge is 0.433 e. The minimum atomic E-state index is -0.948. The van der Waals surface area contributed by atoms with Gasteiger partial charge in [0.05, 0.1) is 30.2 Å². The van der Waals surface area contributed by atoms with Crippen molar-refractivity contribution in [2.24, 2.45) is 0 Å². The molecule has 46 heavy (non-hydrogen) atoms. The van der Waals surface area contributed by atoms with E-state index in [2.05, 4.69) is 16.0 Å². The van der Waals surface area contributed by atoms with E-state index in [1.54, 1.807) is 6.92 Å². The number of nitrogens with one attached hydrogen (secondary N) is 3. The number of rotatable bonds is 11. The van der Waals surface area contributed by atoms with Gasteiger partial charge < -0.3 is 30.3 Å². The zero-order valence-electron chi connectivity index (χ0n) is 25.2. The molecule has 0 radical (unpaired) electrons. The molecule has 2 saturated heterocycles. The van der Waals surface area contributed by atoms with Crippen molar-refractivity contribution in [2.75, 3.05) is 11.9 Å². The highest BCUT2D eigenvalue weighted by atomic mass is 35.5. The lowest BCUT2D eigenvalue weighted by molar-refractivity contribution is -0.168. The third-order valence-electron chi connectivity index (χ3n) is 7.82. The van der Waals surface area contributed by atoms with Crippen molar-refractivity contribution in [1.29, 1.82) is 0 Å². The lowest BCUT2D eigenvalue weighted by Gasteiger charge is -2.28. The number of ether oxygens (including phenoxy) is 2. The molecule has 2 fully saturated rings. The summed E-state index contributed by atoms with van der Waals surface area (Å²) in [5, 5.41) is 8.43. The molecule has 2 aliphatic rings. The first-order chi connectivity index (χ1) is 22.2. The molecular formula is C34H35ClN4O7. The molecule has 0 spiro atoms. The number of hydrogen-bond acceptors (Lipinski definition) is 7. The van der Waals surface area contributed by atoms with Crippen LogP contribution in [0.5, 0.6) is 0 Å². The summed E-state index contributed by atoms with van der Waals surface area (Å²) < 4.78 is 11.1. The number of cyclic esters (lactones) is 1. The molecule has 2 heterocycles. The van der Waals surface area contributed by atoms with Gasteiger partial charge in [-0.05, 0) is 49.1 Å². The van der Waals surface area contributed by atoms with Crippen LogP contribution in [0.2, 0.25) is 5.02 Å². The summed E-state index contributed by atoms with van der Waals surface area (Å²) in [5.74, 6) is -2.11. The van der Waals surface area contributed by atoms with Gasteiger partial charge in [-0.1, -0.05) is 72.3 Å². The van der Waals surface area contributed by atoms with E-state index in [4.69, 9.17) is 21.1 Å². The van der Waals surface area contributed by atoms with E-state index >= 15 is 0 Å². The fraction of sp³-hybridized carbons (Fsp3) is 0.324. The zero-order chi connectivity index (χ0) is 32.6. The van der Waals surface area contributed by atoms with E-state index in [1.165, 1.54) is 23.1 Å². The average molecular weight is 647 g/mol. The second kappa shape index (κ2) is 15.0. The summed E-state index contributed by atoms with van der Waals surface area (Å²) in [4.78, 5) is 65.6. The Morgan fingerprint density at radius 3 is 2.39 bits per heavy atom. The van der Waals surface area contributed by atoms with Gasteiger partial charge in [-0.15, -0.1) is 0 Å². The number of likely N-dealkylation sites (tertiary alicyclic amines) is 1. The van der Waals surface area contributed by atoms with Gasteiger partial charge in [-0.25, -0.2) is 0 Å². The number of halogens is 1. The maximum absolute atomic E-state index is 13.4. The molecule has 3 aromatic carbocycles. The molecule has 11 nitrogen and oxygen atoms in total. The van der Waals surface area contributed by atoms with Crippen LogP contribution in [0.3, 0.4) is 0 Å². The highest BCUT2D eigenvalue weighted by molar-refractivity contribution is 6.34.